The number of nitrogens with zero attached hydrogens (tertiary/aromatic N) is 1. The van der Waals surface area contributed by atoms with Crippen molar-refractivity contribution in [3.63, 3.8) is 0 Å². The van der Waals surface area contributed by atoms with Crippen molar-refractivity contribution in [1.82, 2.24) is 4.90 Å². The van der Waals surface area contributed by atoms with E-state index < -0.39 is 17.7 Å². The van der Waals surface area contributed by atoms with Crippen molar-refractivity contribution in [1.29, 1.82) is 0 Å². The maximum atomic E-state index is 13.2. The first-order chi connectivity index (χ1) is 10.4. The Bertz CT molecular complexity index is 537. The van der Waals surface area contributed by atoms with Gasteiger partial charge < -0.3 is 15.4 Å². The second-order valence-corrected chi connectivity index (χ2v) is 5.88. The lowest BCUT2D eigenvalue weighted by atomic mass is 9.92. The summed E-state index contributed by atoms with van der Waals surface area (Å²) in [5.74, 6) is -1.67. The molecule has 0 unspecified atom stereocenters. The Morgan fingerprint density at radius 1 is 1.36 bits per heavy atom. The summed E-state index contributed by atoms with van der Waals surface area (Å²) in [7, 11) is 0. The number of likely N-dealkylation sites (tertiary alicyclic amines) is 1. The smallest absolute Gasteiger partial charge is 0.263 e. The first-order valence-corrected chi connectivity index (χ1v) is 7.54. The number of halogens is 2. The number of carbonyl (C=O) groups is 1. The minimum atomic E-state index is -0.993. The van der Waals surface area contributed by atoms with E-state index in [1.54, 1.807) is 11.8 Å². The lowest BCUT2D eigenvalue weighted by molar-refractivity contribution is -0.139. The van der Waals surface area contributed by atoms with E-state index in [1.807, 2.05) is 6.92 Å². The number of benzene rings is 1. The van der Waals surface area contributed by atoms with E-state index in [2.05, 4.69) is 0 Å². The Labute approximate surface area is 129 Å². The van der Waals surface area contributed by atoms with Gasteiger partial charge in [0.25, 0.3) is 5.91 Å². The van der Waals surface area contributed by atoms with E-state index >= 15 is 0 Å². The average Bonchev–Trinajstić information content (AvgIpc) is 2.50. The molecule has 22 heavy (non-hydrogen) atoms. The third-order valence-electron chi connectivity index (χ3n) is 4.06. The molecule has 0 spiro atoms. The molecule has 0 bridgehead atoms. The van der Waals surface area contributed by atoms with Crippen LogP contribution in [-0.4, -0.2) is 36.0 Å². The molecule has 0 aliphatic carbocycles. The molecule has 2 N–H and O–H groups in total. The summed E-state index contributed by atoms with van der Waals surface area (Å²) in [6.45, 7) is 4.84. The second-order valence-electron chi connectivity index (χ2n) is 5.88. The fourth-order valence-electron chi connectivity index (χ4n) is 2.70. The van der Waals surface area contributed by atoms with Gasteiger partial charge in [0.2, 0.25) is 0 Å². The molecule has 3 atom stereocenters. The molecule has 1 amide bonds. The Morgan fingerprint density at radius 2 is 2.09 bits per heavy atom. The van der Waals surface area contributed by atoms with Crippen LogP contribution in [-0.2, 0) is 4.79 Å². The summed E-state index contributed by atoms with van der Waals surface area (Å²) < 4.78 is 31.5. The van der Waals surface area contributed by atoms with Gasteiger partial charge in [0.05, 0.1) is 0 Å². The first-order valence-electron chi connectivity index (χ1n) is 7.54. The summed E-state index contributed by atoms with van der Waals surface area (Å²) in [5, 5.41) is 0. The van der Waals surface area contributed by atoms with Gasteiger partial charge in [0.15, 0.2) is 17.7 Å². The van der Waals surface area contributed by atoms with E-state index in [1.165, 1.54) is 6.07 Å². The van der Waals surface area contributed by atoms with E-state index in [9.17, 15) is 13.6 Å². The van der Waals surface area contributed by atoms with E-state index in [4.69, 9.17) is 10.5 Å². The summed E-state index contributed by atoms with van der Waals surface area (Å²) >= 11 is 0. The first kappa shape index (κ1) is 16.7. The molecular formula is C16H22F2N2O2. The monoisotopic (exact) mass is 312 g/mol. The van der Waals surface area contributed by atoms with Crippen LogP contribution in [0, 0.1) is 17.6 Å². The van der Waals surface area contributed by atoms with Crippen molar-refractivity contribution in [3.8, 4) is 5.75 Å². The highest BCUT2D eigenvalue weighted by atomic mass is 19.2. The van der Waals surface area contributed by atoms with Crippen LogP contribution in [0.25, 0.3) is 0 Å². The third-order valence-corrected chi connectivity index (χ3v) is 4.06. The SMILES string of the molecule is C[C@H](Oc1ccc(F)c(F)c1)C(=O)N1CCC[C@@H]([C@@H](C)N)C1. The third kappa shape index (κ3) is 3.94. The highest BCUT2D eigenvalue weighted by molar-refractivity contribution is 5.81. The maximum absolute atomic E-state index is 13.2. The molecule has 6 heteroatoms. The minimum absolute atomic E-state index is 0.0398. The van der Waals surface area contributed by atoms with Gasteiger partial charge in [-0.3, -0.25) is 4.79 Å². The van der Waals surface area contributed by atoms with Gasteiger partial charge in [-0.15, -0.1) is 0 Å². The Balaban J connectivity index is 1.97. The molecule has 0 saturated carbocycles. The number of hydrogen-bond acceptors (Lipinski definition) is 3. The van der Waals surface area contributed by atoms with Crippen LogP contribution in [0.15, 0.2) is 18.2 Å². The molecule has 1 fully saturated rings. The number of amides is 1. The van der Waals surface area contributed by atoms with Crippen molar-refractivity contribution in [3.05, 3.63) is 29.8 Å². The van der Waals surface area contributed by atoms with Crippen LogP contribution in [0.4, 0.5) is 8.78 Å². The summed E-state index contributed by atoms with van der Waals surface area (Å²) in [6, 6.07) is 3.27. The van der Waals surface area contributed by atoms with E-state index in [-0.39, 0.29) is 23.6 Å². The predicted molar refractivity (Wildman–Crippen MR) is 79.4 cm³/mol. The summed E-state index contributed by atoms with van der Waals surface area (Å²) in [4.78, 5) is 14.2. The van der Waals surface area contributed by atoms with Gasteiger partial charge in [0, 0.05) is 25.2 Å². The Kier molecular flexibility index (Phi) is 5.34. The van der Waals surface area contributed by atoms with Crippen LogP contribution in [0.5, 0.6) is 5.75 Å². The van der Waals surface area contributed by atoms with Crippen molar-refractivity contribution in [2.75, 3.05) is 13.1 Å². The van der Waals surface area contributed by atoms with Crippen LogP contribution in [0.1, 0.15) is 26.7 Å². The van der Waals surface area contributed by atoms with Gasteiger partial charge in [-0.1, -0.05) is 0 Å². The molecule has 1 aliphatic heterocycles. The minimum Gasteiger partial charge on any atom is -0.481 e. The van der Waals surface area contributed by atoms with Gasteiger partial charge in [-0.25, -0.2) is 8.78 Å². The zero-order valence-electron chi connectivity index (χ0n) is 12.9. The number of piperidine rings is 1. The zero-order valence-corrected chi connectivity index (χ0v) is 12.9. The molecule has 0 aromatic heterocycles. The number of hydrogen-bond donors (Lipinski definition) is 1. The summed E-state index contributed by atoms with van der Waals surface area (Å²) in [5.41, 5.74) is 5.91. The van der Waals surface area contributed by atoms with Crippen molar-refractivity contribution in [2.24, 2.45) is 11.7 Å². The molecule has 4 nitrogen and oxygen atoms in total. The van der Waals surface area contributed by atoms with Crippen molar-refractivity contribution in [2.45, 2.75) is 38.8 Å². The van der Waals surface area contributed by atoms with E-state index in [0.29, 0.717) is 13.1 Å². The Morgan fingerprint density at radius 3 is 2.73 bits per heavy atom. The maximum Gasteiger partial charge on any atom is 0.263 e. The topological polar surface area (TPSA) is 55.6 Å². The van der Waals surface area contributed by atoms with Gasteiger partial charge in [0.1, 0.15) is 5.75 Å². The summed E-state index contributed by atoms with van der Waals surface area (Å²) in [6.07, 6.45) is 1.17. The highest BCUT2D eigenvalue weighted by Gasteiger charge is 2.29. The standard InChI is InChI=1S/C16H22F2N2O2/c1-10(19)12-4-3-7-20(9-12)16(21)11(2)22-13-5-6-14(17)15(18)8-13/h5-6,8,10-12H,3-4,7,9,19H2,1-2H3/t10-,11+,12-/m1/s1. The Hall–Kier alpha value is -1.69. The number of carbonyl (C=O) groups excluding carboxylic acids is 1. The second kappa shape index (κ2) is 7.05. The van der Waals surface area contributed by atoms with Gasteiger partial charge in [-0.05, 0) is 44.7 Å². The predicted octanol–water partition coefficient (Wildman–Crippen LogP) is 2.32. The molecule has 1 heterocycles. The van der Waals surface area contributed by atoms with Crippen molar-refractivity contribution >= 4 is 5.91 Å². The fraction of sp³-hybridized carbons (Fsp3) is 0.562. The zero-order chi connectivity index (χ0) is 16.3. The molecule has 1 saturated heterocycles. The lowest BCUT2D eigenvalue weighted by Crippen LogP contribution is -2.48. The molecule has 1 aromatic rings. The number of rotatable bonds is 4. The lowest BCUT2D eigenvalue weighted by Gasteiger charge is -2.35. The van der Waals surface area contributed by atoms with Crippen LogP contribution in [0.3, 0.4) is 0 Å². The largest absolute Gasteiger partial charge is 0.481 e. The normalized spacial score (nSPS) is 21.3. The highest BCUT2D eigenvalue weighted by Crippen LogP contribution is 2.21. The molecule has 1 aliphatic rings. The van der Waals surface area contributed by atoms with E-state index in [0.717, 1.165) is 25.0 Å². The van der Waals surface area contributed by atoms with Crippen LogP contribution < -0.4 is 10.5 Å². The van der Waals surface area contributed by atoms with Crippen LogP contribution >= 0.6 is 0 Å². The van der Waals surface area contributed by atoms with Gasteiger partial charge >= 0.3 is 0 Å². The molecule has 0 radical (unpaired) electrons. The van der Waals surface area contributed by atoms with Crippen LogP contribution in [0.2, 0.25) is 0 Å². The quantitative estimate of drug-likeness (QED) is 0.928. The van der Waals surface area contributed by atoms with Crippen molar-refractivity contribution < 1.29 is 18.3 Å². The molecule has 1 aromatic carbocycles. The average molecular weight is 312 g/mol. The fourth-order valence-corrected chi connectivity index (χ4v) is 2.70. The molecular weight excluding hydrogens is 290 g/mol. The number of ether oxygens (including phenoxy) is 1. The molecule has 2 rings (SSSR count). The van der Waals surface area contributed by atoms with Gasteiger partial charge in [-0.2, -0.15) is 0 Å². The molecule has 122 valence electrons. The number of nitrogens with two attached hydrogens (primary N) is 1.